The van der Waals surface area contributed by atoms with Gasteiger partial charge in [-0.2, -0.15) is 0 Å². The minimum atomic E-state index is -0.482. The van der Waals surface area contributed by atoms with Gasteiger partial charge in [0.05, 0.1) is 0 Å². The van der Waals surface area contributed by atoms with Crippen molar-refractivity contribution in [2.24, 2.45) is 0 Å². The third-order valence-corrected chi connectivity index (χ3v) is 2.57. The van der Waals surface area contributed by atoms with Crippen LogP contribution in [0.4, 0.5) is 0 Å². The highest BCUT2D eigenvalue weighted by Gasteiger charge is 2.22. The van der Waals surface area contributed by atoms with Crippen LogP contribution in [0, 0.1) is 0 Å². The van der Waals surface area contributed by atoms with Crippen molar-refractivity contribution in [2.45, 2.75) is 39.2 Å². The molecule has 0 aliphatic carbocycles. The molecule has 0 fully saturated rings. The highest BCUT2D eigenvalue weighted by Crippen LogP contribution is 2.17. The van der Waals surface area contributed by atoms with Gasteiger partial charge in [0.15, 0.2) is 0 Å². The molecule has 84 valence electrons. The number of nitrogens with one attached hydrogen (secondary N) is 1. The van der Waals surface area contributed by atoms with Crippen LogP contribution < -0.4 is 11.2 Å². The lowest BCUT2D eigenvalue weighted by atomic mass is 9.99. The van der Waals surface area contributed by atoms with Gasteiger partial charge in [0.2, 0.25) is 0 Å². The molecule has 0 radical (unpaired) electrons. The van der Waals surface area contributed by atoms with Crippen molar-refractivity contribution in [3.05, 3.63) is 32.1 Å². The molecule has 1 aromatic heterocycles. The number of aromatic amines is 1. The summed E-state index contributed by atoms with van der Waals surface area (Å²) in [6, 6.07) is 1.22. The van der Waals surface area contributed by atoms with Gasteiger partial charge in [-0.05, 0) is 20.3 Å². The molecule has 1 N–H and O–H groups in total. The average Bonchev–Trinajstić information content (AvgIpc) is 1.99. The van der Waals surface area contributed by atoms with E-state index >= 15 is 0 Å². The Morgan fingerprint density at radius 2 is 2.07 bits per heavy atom. The highest BCUT2D eigenvalue weighted by molar-refractivity contribution is 6.29. The molecule has 5 heteroatoms. The van der Waals surface area contributed by atoms with Crippen molar-refractivity contribution in [3.63, 3.8) is 0 Å². The third kappa shape index (κ3) is 2.50. The van der Waals surface area contributed by atoms with E-state index in [1.54, 1.807) is 0 Å². The molecular weight excluding hydrogens is 216 g/mol. The highest BCUT2D eigenvalue weighted by atomic mass is 35.5. The first-order valence-corrected chi connectivity index (χ1v) is 5.28. The molecule has 0 saturated carbocycles. The molecule has 1 aromatic rings. The molecule has 15 heavy (non-hydrogen) atoms. The molecule has 1 rings (SSSR count). The van der Waals surface area contributed by atoms with Crippen molar-refractivity contribution >= 4 is 11.6 Å². The lowest BCUT2D eigenvalue weighted by molar-refractivity contribution is 0.302. The van der Waals surface area contributed by atoms with Crippen molar-refractivity contribution in [3.8, 4) is 0 Å². The second-order valence-corrected chi connectivity index (χ2v) is 4.57. The summed E-state index contributed by atoms with van der Waals surface area (Å²) in [4.78, 5) is 25.7. The Hall–Kier alpha value is -1.03. The van der Waals surface area contributed by atoms with Crippen LogP contribution in [0.3, 0.4) is 0 Å². The van der Waals surface area contributed by atoms with Crippen molar-refractivity contribution < 1.29 is 0 Å². The van der Waals surface area contributed by atoms with E-state index in [4.69, 9.17) is 11.6 Å². The normalized spacial score (nSPS) is 11.7. The van der Waals surface area contributed by atoms with Crippen LogP contribution in [0.2, 0.25) is 5.15 Å². The smallest absolute Gasteiger partial charge is 0.298 e. The van der Waals surface area contributed by atoms with Gasteiger partial charge >= 0.3 is 5.69 Å². The van der Waals surface area contributed by atoms with Gasteiger partial charge in [0.1, 0.15) is 5.15 Å². The second kappa shape index (κ2) is 4.23. The predicted molar refractivity (Wildman–Crippen MR) is 60.6 cm³/mol. The predicted octanol–water partition coefficient (Wildman–Crippen LogP) is 1.73. The van der Waals surface area contributed by atoms with Gasteiger partial charge in [-0.1, -0.05) is 24.9 Å². The standard InChI is InChI=1S/C10H15ClN2O2/c1-4-5-10(2,3)13-8(14)6-7(11)12-9(13)15/h6H,4-5H2,1-3H3,(H,12,15). The fourth-order valence-corrected chi connectivity index (χ4v) is 1.94. The quantitative estimate of drug-likeness (QED) is 0.804. The van der Waals surface area contributed by atoms with Gasteiger partial charge in [-0.25, -0.2) is 4.79 Å². The summed E-state index contributed by atoms with van der Waals surface area (Å²) in [6.07, 6.45) is 1.67. The summed E-state index contributed by atoms with van der Waals surface area (Å²) < 4.78 is 1.21. The van der Waals surface area contributed by atoms with Gasteiger partial charge in [-0.3, -0.25) is 14.3 Å². The Kier molecular flexibility index (Phi) is 3.39. The summed E-state index contributed by atoms with van der Waals surface area (Å²) in [6.45, 7) is 5.74. The van der Waals surface area contributed by atoms with E-state index in [0.717, 1.165) is 12.8 Å². The zero-order chi connectivity index (χ0) is 11.6. The number of H-pyrrole nitrogens is 1. The maximum absolute atomic E-state index is 11.6. The van der Waals surface area contributed by atoms with E-state index in [2.05, 4.69) is 4.98 Å². The molecule has 4 nitrogen and oxygen atoms in total. The lowest BCUT2D eigenvalue weighted by Gasteiger charge is -2.25. The Bertz CT molecular complexity index is 428. The van der Waals surface area contributed by atoms with E-state index < -0.39 is 11.2 Å². The number of hydrogen-bond donors (Lipinski definition) is 1. The summed E-state index contributed by atoms with van der Waals surface area (Å²) in [5.41, 5.74) is -1.29. The number of hydrogen-bond acceptors (Lipinski definition) is 2. The van der Waals surface area contributed by atoms with E-state index in [1.165, 1.54) is 10.6 Å². The Balaban J connectivity index is 3.38. The van der Waals surface area contributed by atoms with Crippen LogP contribution in [-0.4, -0.2) is 9.55 Å². The van der Waals surface area contributed by atoms with Crippen molar-refractivity contribution in [1.29, 1.82) is 0 Å². The van der Waals surface area contributed by atoms with E-state index in [1.807, 2.05) is 20.8 Å². The van der Waals surface area contributed by atoms with Crippen LogP contribution in [0.25, 0.3) is 0 Å². The summed E-state index contributed by atoms with van der Waals surface area (Å²) in [5.74, 6) is 0. The van der Waals surface area contributed by atoms with Crippen LogP contribution in [0.1, 0.15) is 33.6 Å². The van der Waals surface area contributed by atoms with Crippen LogP contribution in [0.15, 0.2) is 15.7 Å². The monoisotopic (exact) mass is 230 g/mol. The Labute approximate surface area is 92.9 Å². The van der Waals surface area contributed by atoms with E-state index in [0.29, 0.717) is 0 Å². The van der Waals surface area contributed by atoms with Crippen molar-refractivity contribution in [2.75, 3.05) is 0 Å². The largest absolute Gasteiger partial charge is 0.329 e. The van der Waals surface area contributed by atoms with Crippen LogP contribution in [-0.2, 0) is 5.54 Å². The minimum absolute atomic E-state index is 0.0774. The molecule has 0 aliphatic heterocycles. The maximum Gasteiger partial charge on any atom is 0.329 e. The summed E-state index contributed by atoms with van der Waals surface area (Å²) in [7, 11) is 0. The first kappa shape index (κ1) is 12.0. The molecule has 0 saturated heterocycles. The number of nitrogens with zero attached hydrogens (tertiary/aromatic N) is 1. The molecule has 0 spiro atoms. The number of rotatable bonds is 3. The topological polar surface area (TPSA) is 54.9 Å². The van der Waals surface area contributed by atoms with Crippen molar-refractivity contribution in [1.82, 2.24) is 9.55 Å². The van der Waals surface area contributed by atoms with Gasteiger partial charge in [0.25, 0.3) is 5.56 Å². The SMILES string of the molecule is CCCC(C)(C)n1c(=O)cc(Cl)[nH]c1=O. The molecule has 0 unspecified atom stereocenters. The van der Waals surface area contributed by atoms with Gasteiger partial charge < -0.3 is 0 Å². The molecular formula is C10H15ClN2O2. The van der Waals surface area contributed by atoms with E-state index in [-0.39, 0.29) is 10.7 Å². The fraction of sp³-hybridized carbons (Fsp3) is 0.600. The van der Waals surface area contributed by atoms with Gasteiger partial charge in [-0.15, -0.1) is 0 Å². The first-order chi connectivity index (χ1) is 6.88. The Morgan fingerprint density at radius 1 is 1.47 bits per heavy atom. The lowest BCUT2D eigenvalue weighted by Crippen LogP contribution is -2.45. The molecule has 0 aliphatic rings. The summed E-state index contributed by atoms with van der Waals surface area (Å²) in [5, 5.41) is 0.0774. The Morgan fingerprint density at radius 3 is 2.53 bits per heavy atom. The molecule has 1 heterocycles. The molecule has 0 atom stereocenters. The third-order valence-electron chi connectivity index (χ3n) is 2.37. The molecule has 0 aromatic carbocycles. The maximum atomic E-state index is 11.6. The van der Waals surface area contributed by atoms with Crippen LogP contribution >= 0.6 is 11.6 Å². The number of halogens is 1. The average molecular weight is 231 g/mol. The summed E-state index contributed by atoms with van der Waals surface area (Å²) >= 11 is 5.58. The number of aromatic nitrogens is 2. The second-order valence-electron chi connectivity index (χ2n) is 4.16. The molecule has 0 bridgehead atoms. The van der Waals surface area contributed by atoms with Gasteiger partial charge in [0, 0.05) is 11.6 Å². The zero-order valence-electron chi connectivity index (χ0n) is 9.13. The minimum Gasteiger partial charge on any atom is -0.298 e. The first-order valence-electron chi connectivity index (χ1n) is 4.91. The zero-order valence-corrected chi connectivity index (χ0v) is 9.89. The van der Waals surface area contributed by atoms with Crippen LogP contribution in [0.5, 0.6) is 0 Å². The fourth-order valence-electron chi connectivity index (χ4n) is 1.76. The van der Waals surface area contributed by atoms with E-state index in [9.17, 15) is 9.59 Å². The molecule has 0 amide bonds.